The van der Waals surface area contributed by atoms with Crippen LogP contribution in [0, 0.1) is 0 Å². The van der Waals surface area contributed by atoms with Crippen LogP contribution in [0.2, 0.25) is 0 Å². The van der Waals surface area contributed by atoms with E-state index in [4.69, 9.17) is 28.0 Å². The van der Waals surface area contributed by atoms with Crippen LogP contribution in [0.4, 0.5) is 0 Å². The lowest BCUT2D eigenvalue weighted by atomic mass is 10.1. The Balaban J connectivity index is 5.28. The number of primary amides is 1. The van der Waals surface area contributed by atoms with E-state index in [2.05, 4.69) is 46.2 Å². The number of aliphatic imine (C=N–C) groups is 1. The molecule has 0 radical (unpaired) electrons. The fourth-order valence-electron chi connectivity index (χ4n) is 2.27. The van der Waals surface area contributed by atoms with E-state index in [0.717, 1.165) is 0 Å². The molecule has 14 nitrogen and oxygen atoms in total. The van der Waals surface area contributed by atoms with Crippen LogP contribution >= 0.6 is 25.3 Å². The molecule has 0 aromatic heterocycles. The molecule has 0 aromatic carbocycles. The number of thiol groups is 2. The second-order valence-corrected chi connectivity index (χ2v) is 7.34. The molecule has 16 heteroatoms. The maximum Gasteiger partial charge on any atom is 0.326 e. The summed E-state index contributed by atoms with van der Waals surface area (Å²) in [5.74, 6) is -5.01. The molecule has 0 aromatic rings. The van der Waals surface area contributed by atoms with Gasteiger partial charge in [-0.25, -0.2) is 4.79 Å². The molecule has 0 aliphatic carbocycles. The van der Waals surface area contributed by atoms with E-state index < -0.39 is 60.2 Å². The molecule has 0 rings (SSSR count). The number of nitrogens with one attached hydrogen (secondary N) is 3. The highest BCUT2D eigenvalue weighted by atomic mass is 32.1. The van der Waals surface area contributed by atoms with Crippen molar-refractivity contribution in [3.8, 4) is 0 Å². The zero-order valence-electron chi connectivity index (χ0n) is 17.2. The molecule has 0 spiro atoms. The van der Waals surface area contributed by atoms with Crippen LogP contribution in [-0.2, 0) is 24.0 Å². The molecule has 32 heavy (non-hydrogen) atoms. The number of aliphatic carboxylic acids is 1. The van der Waals surface area contributed by atoms with Gasteiger partial charge >= 0.3 is 5.97 Å². The van der Waals surface area contributed by atoms with Gasteiger partial charge in [-0.2, -0.15) is 25.3 Å². The number of amides is 4. The summed E-state index contributed by atoms with van der Waals surface area (Å²) in [5.41, 5.74) is 21.1. The molecular weight excluding hydrogens is 464 g/mol. The molecule has 0 saturated carbocycles. The Bertz CT molecular complexity index is 719. The maximum atomic E-state index is 12.7. The zero-order valence-corrected chi connectivity index (χ0v) is 19.0. The van der Waals surface area contributed by atoms with Crippen molar-refractivity contribution >= 4 is 60.8 Å². The highest BCUT2D eigenvalue weighted by molar-refractivity contribution is 7.80. The van der Waals surface area contributed by atoms with Crippen LogP contribution in [-0.4, -0.2) is 82.9 Å². The van der Waals surface area contributed by atoms with Gasteiger partial charge in [0.05, 0.1) is 12.5 Å². The number of hydrogen-bond donors (Lipinski definition) is 10. The van der Waals surface area contributed by atoms with Gasteiger partial charge in [0.15, 0.2) is 5.96 Å². The predicted molar refractivity (Wildman–Crippen MR) is 123 cm³/mol. The highest BCUT2D eigenvalue weighted by Crippen LogP contribution is 2.02. The Hall–Kier alpha value is -2.72. The average Bonchev–Trinajstić information content (AvgIpc) is 2.71. The third-order valence-corrected chi connectivity index (χ3v) is 4.71. The van der Waals surface area contributed by atoms with Crippen LogP contribution in [0.25, 0.3) is 0 Å². The second-order valence-electron chi connectivity index (χ2n) is 6.61. The molecular formula is C16H30N8O6S2. The van der Waals surface area contributed by atoms with Gasteiger partial charge in [-0.15, -0.1) is 0 Å². The lowest BCUT2D eigenvalue weighted by molar-refractivity contribution is -0.143. The molecule has 0 aliphatic heterocycles. The first-order valence-corrected chi connectivity index (χ1v) is 10.6. The molecule has 0 saturated heterocycles. The first kappa shape index (κ1) is 29.3. The molecule has 0 bridgehead atoms. The van der Waals surface area contributed by atoms with Gasteiger partial charge in [-0.3, -0.25) is 24.2 Å². The summed E-state index contributed by atoms with van der Waals surface area (Å²) >= 11 is 7.92. The third kappa shape index (κ3) is 11.6. The number of nitrogens with zero attached hydrogens (tertiary/aromatic N) is 1. The van der Waals surface area contributed by atoms with Gasteiger partial charge in [-0.1, -0.05) is 0 Å². The van der Waals surface area contributed by atoms with E-state index >= 15 is 0 Å². The van der Waals surface area contributed by atoms with E-state index in [-0.39, 0.29) is 30.4 Å². The van der Waals surface area contributed by atoms with Crippen molar-refractivity contribution < 1.29 is 29.1 Å². The van der Waals surface area contributed by atoms with E-state index in [0.29, 0.717) is 6.42 Å². The monoisotopic (exact) mass is 494 g/mol. The van der Waals surface area contributed by atoms with Crippen molar-refractivity contribution in [2.45, 2.75) is 43.4 Å². The van der Waals surface area contributed by atoms with Gasteiger partial charge in [0.1, 0.15) is 18.1 Å². The maximum absolute atomic E-state index is 12.7. The van der Waals surface area contributed by atoms with E-state index in [9.17, 15) is 24.0 Å². The van der Waals surface area contributed by atoms with Gasteiger partial charge in [0.25, 0.3) is 0 Å². The minimum absolute atomic E-state index is 0.0340. The third-order valence-electron chi connectivity index (χ3n) is 3.95. The van der Waals surface area contributed by atoms with Gasteiger partial charge in [0, 0.05) is 18.1 Å². The molecule has 4 atom stereocenters. The van der Waals surface area contributed by atoms with Crippen LogP contribution in [0.3, 0.4) is 0 Å². The molecule has 0 fully saturated rings. The fourth-order valence-corrected chi connectivity index (χ4v) is 2.70. The first-order chi connectivity index (χ1) is 14.9. The number of guanidine groups is 1. The zero-order chi connectivity index (χ0) is 24.8. The highest BCUT2D eigenvalue weighted by Gasteiger charge is 2.30. The predicted octanol–water partition coefficient (Wildman–Crippen LogP) is -4.36. The van der Waals surface area contributed by atoms with Crippen molar-refractivity contribution in [3.63, 3.8) is 0 Å². The molecule has 12 N–H and O–H groups in total. The molecule has 4 unspecified atom stereocenters. The molecule has 4 amide bonds. The number of carboxylic acid groups (broad SMARTS) is 1. The number of carbonyl (C=O) groups excluding carboxylic acids is 4. The normalized spacial score (nSPS) is 14.2. The smallest absolute Gasteiger partial charge is 0.326 e. The number of carbonyl (C=O) groups is 5. The second kappa shape index (κ2) is 15.1. The van der Waals surface area contributed by atoms with Crippen molar-refractivity contribution in [3.05, 3.63) is 0 Å². The Morgan fingerprint density at radius 2 is 1.38 bits per heavy atom. The Labute approximate surface area is 195 Å². The van der Waals surface area contributed by atoms with E-state index in [1.165, 1.54) is 0 Å². The van der Waals surface area contributed by atoms with Crippen molar-refractivity contribution in [1.82, 2.24) is 16.0 Å². The summed E-state index contributed by atoms with van der Waals surface area (Å²) in [6.07, 6.45) is -0.225. The largest absolute Gasteiger partial charge is 0.480 e. The molecule has 0 heterocycles. The summed E-state index contributed by atoms with van der Waals surface area (Å²) in [6, 6.07) is -4.92. The van der Waals surface area contributed by atoms with Crippen molar-refractivity contribution in [2.24, 2.45) is 27.9 Å². The Morgan fingerprint density at radius 3 is 1.84 bits per heavy atom. The summed E-state index contributed by atoms with van der Waals surface area (Å²) < 4.78 is 0. The summed E-state index contributed by atoms with van der Waals surface area (Å²) in [5, 5.41) is 16.1. The molecule has 0 aliphatic rings. The quantitative estimate of drug-likeness (QED) is 0.0455. The van der Waals surface area contributed by atoms with Gasteiger partial charge in [0.2, 0.25) is 23.6 Å². The van der Waals surface area contributed by atoms with Crippen LogP contribution in [0.5, 0.6) is 0 Å². The van der Waals surface area contributed by atoms with Crippen molar-refractivity contribution in [2.75, 3.05) is 18.1 Å². The number of carboxylic acids is 1. The number of nitrogens with two attached hydrogens (primary N) is 4. The Morgan fingerprint density at radius 1 is 0.844 bits per heavy atom. The van der Waals surface area contributed by atoms with Crippen molar-refractivity contribution in [1.29, 1.82) is 0 Å². The lowest BCUT2D eigenvalue weighted by Crippen LogP contribution is -2.58. The molecule has 182 valence electrons. The van der Waals surface area contributed by atoms with Crippen LogP contribution < -0.4 is 38.9 Å². The average molecular weight is 495 g/mol. The topological polar surface area (TPSA) is 258 Å². The minimum atomic E-state index is -1.58. The van der Waals surface area contributed by atoms with Crippen LogP contribution in [0.15, 0.2) is 4.99 Å². The standard InChI is InChI=1S/C16H30N8O6S2/c17-7(5-31)12(26)22-8(2-1-3-21-16(19)20)13(27)24-10(6-32)14(28)23-9(15(29)30)4-11(18)25/h7-10,31-32H,1-6,17H2,(H2,18,25)(H,22,26)(H,23,28)(H,24,27)(H,29,30)(H4,19,20,21). The summed E-state index contributed by atoms with van der Waals surface area (Å²) in [4.78, 5) is 63.2. The van der Waals surface area contributed by atoms with E-state index in [1.54, 1.807) is 0 Å². The SMILES string of the molecule is NC(=O)CC(NC(=O)C(CS)NC(=O)C(CCCN=C(N)N)NC(=O)C(N)CS)C(=O)O. The fraction of sp³-hybridized carbons (Fsp3) is 0.625. The van der Waals surface area contributed by atoms with Gasteiger partial charge < -0.3 is 44.0 Å². The number of hydrogen-bond acceptors (Lipinski definition) is 9. The number of rotatable bonds is 15. The van der Waals surface area contributed by atoms with E-state index in [1.807, 2.05) is 0 Å². The minimum Gasteiger partial charge on any atom is -0.480 e. The Kier molecular flexibility index (Phi) is 13.9. The van der Waals surface area contributed by atoms with Gasteiger partial charge in [-0.05, 0) is 12.8 Å². The summed E-state index contributed by atoms with van der Waals surface area (Å²) in [7, 11) is 0. The first-order valence-electron chi connectivity index (χ1n) is 9.37. The lowest BCUT2D eigenvalue weighted by Gasteiger charge is -2.24. The van der Waals surface area contributed by atoms with Crippen LogP contribution in [0.1, 0.15) is 19.3 Å². The summed E-state index contributed by atoms with van der Waals surface area (Å²) in [6.45, 7) is 0.185.